The van der Waals surface area contributed by atoms with Crippen molar-refractivity contribution in [2.24, 2.45) is 5.73 Å². The van der Waals surface area contributed by atoms with Gasteiger partial charge < -0.3 is 10.8 Å². The number of nitrogens with zero attached hydrogens (tertiary/aromatic N) is 2. The molecule has 0 fully saturated rings. The minimum atomic E-state index is -4.14. The van der Waals surface area contributed by atoms with Gasteiger partial charge in [0.05, 0.1) is 12.2 Å². The standard InChI is InChI=1S/C8H12N4O5S/c1-4-7(6(8(14)15)11-10-4)18(16,17)12(2)3-5(9)13/h3H2,1-2H3,(H2,9,13)(H,10,11)(H,14,15). The lowest BCUT2D eigenvalue weighted by Crippen LogP contribution is -2.36. The summed E-state index contributed by atoms with van der Waals surface area (Å²) < 4.78 is 24.8. The minimum Gasteiger partial charge on any atom is -0.476 e. The SMILES string of the molecule is Cc1[nH]nc(C(=O)O)c1S(=O)(=O)N(C)CC(N)=O. The molecule has 10 heteroatoms. The number of aryl methyl sites for hydroxylation is 1. The highest BCUT2D eigenvalue weighted by Gasteiger charge is 2.32. The van der Waals surface area contributed by atoms with Gasteiger partial charge in [-0.05, 0) is 6.92 Å². The third-order valence-corrected chi connectivity index (χ3v) is 4.11. The molecular formula is C8H12N4O5S. The predicted molar refractivity (Wildman–Crippen MR) is 59.3 cm³/mol. The number of aromatic nitrogens is 2. The lowest BCUT2D eigenvalue weighted by Gasteiger charge is -2.15. The van der Waals surface area contributed by atoms with E-state index in [1.54, 1.807) is 0 Å². The van der Waals surface area contributed by atoms with E-state index in [9.17, 15) is 18.0 Å². The second-order valence-electron chi connectivity index (χ2n) is 3.56. The molecule has 1 amide bonds. The van der Waals surface area contributed by atoms with E-state index in [2.05, 4.69) is 10.2 Å². The summed E-state index contributed by atoms with van der Waals surface area (Å²) in [6, 6.07) is 0. The van der Waals surface area contributed by atoms with Gasteiger partial charge in [0.2, 0.25) is 15.9 Å². The zero-order valence-corrected chi connectivity index (χ0v) is 10.5. The van der Waals surface area contributed by atoms with Crippen molar-refractivity contribution in [2.45, 2.75) is 11.8 Å². The zero-order chi connectivity index (χ0) is 14.1. The molecule has 100 valence electrons. The van der Waals surface area contributed by atoms with E-state index in [0.29, 0.717) is 4.31 Å². The van der Waals surface area contributed by atoms with Crippen LogP contribution < -0.4 is 5.73 Å². The molecule has 1 rings (SSSR count). The summed E-state index contributed by atoms with van der Waals surface area (Å²) in [5, 5.41) is 14.5. The highest BCUT2D eigenvalue weighted by atomic mass is 32.2. The first kappa shape index (κ1) is 14.1. The summed E-state index contributed by atoms with van der Waals surface area (Å²) in [4.78, 5) is 21.1. The second-order valence-corrected chi connectivity index (χ2v) is 5.54. The van der Waals surface area contributed by atoms with Crippen molar-refractivity contribution in [3.8, 4) is 0 Å². The fourth-order valence-corrected chi connectivity index (χ4v) is 2.76. The van der Waals surface area contributed by atoms with Gasteiger partial charge in [-0.2, -0.15) is 9.40 Å². The van der Waals surface area contributed by atoms with Crippen molar-refractivity contribution in [3.63, 3.8) is 0 Å². The number of carbonyl (C=O) groups is 2. The van der Waals surface area contributed by atoms with E-state index in [-0.39, 0.29) is 5.69 Å². The van der Waals surface area contributed by atoms with Crippen molar-refractivity contribution in [1.29, 1.82) is 0 Å². The average Bonchev–Trinajstić information content (AvgIpc) is 2.59. The molecule has 0 saturated heterocycles. The number of hydrogen-bond acceptors (Lipinski definition) is 5. The van der Waals surface area contributed by atoms with Gasteiger partial charge in [0, 0.05) is 7.05 Å². The van der Waals surface area contributed by atoms with Gasteiger partial charge in [-0.1, -0.05) is 0 Å². The molecule has 0 saturated carbocycles. The number of likely N-dealkylation sites (N-methyl/N-ethyl adjacent to an activating group) is 1. The first-order chi connectivity index (χ1) is 8.17. The van der Waals surface area contributed by atoms with Gasteiger partial charge in [-0.25, -0.2) is 13.2 Å². The Hall–Kier alpha value is -1.94. The quantitative estimate of drug-likeness (QED) is 0.597. The number of rotatable bonds is 5. The summed E-state index contributed by atoms with van der Waals surface area (Å²) >= 11 is 0. The monoisotopic (exact) mass is 276 g/mol. The van der Waals surface area contributed by atoms with Crippen molar-refractivity contribution < 1.29 is 23.1 Å². The van der Waals surface area contributed by atoms with Crippen molar-refractivity contribution in [1.82, 2.24) is 14.5 Å². The van der Waals surface area contributed by atoms with Crippen molar-refractivity contribution in [3.05, 3.63) is 11.4 Å². The van der Waals surface area contributed by atoms with E-state index in [4.69, 9.17) is 10.8 Å². The minimum absolute atomic E-state index is 0.0729. The Labute approximate surface area is 103 Å². The van der Waals surface area contributed by atoms with Crippen molar-refractivity contribution in [2.75, 3.05) is 13.6 Å². The van der Waals surface area contributed by atoms with E-state index in [0.717, 1.165) is 7.05 Å². The normalized spacial score (nSPS) is 11.7. The Morgan fingerprint density at radius 3 is 2.50 bits per heavy atom. The molecule has 0 aliphatic heterocycles. The molecule has 0 aromatic carbocycles. The summed E-state index contributed by atoms with van der Waals surface area (Å²) in [6.45, 7) is 0.816. The third-order valence-electron chi connectivity index (χ3n) is 2.14. The lowest BCUT2D eigenvalue weighted by molar-refractivity contribution is -0.118. The van der Waals surface area contributed by atoms with Gasteiger partial charge in [0.15, 0.2) is 5.69 Å². The van der Waals surface area contributed by atoms with Crippen LogP contribution in [0.2, 0.25) is 0 Å². The van der Waals surface area contributed by atoms with E-state index >= 15 is 0 Å². The fourth-order valence-electron chi connectivity index (χ4n) is 1.34. The van der Waals surface area contributed by atoms with Crippen LogP contribution in [-0.4, -0.2) is 53.5 Å². The van der Waals surface area contributed by atoms with Crippen LogP contribution in [0.1, 0.15) is 16.2 Å². The number of amides is 1. The second kappa shape index (κ2) is 4.74. The van der Waals surface area contributed by atoms with Crippen LogP contribution in [0, 0.1) is 6.92 Å². The van der Waals surface area contributed by atoms with Crippen LogP contribution >= 0.6 is 0 Å². The van der Waals surface area contributed by atoms with Gasteiger partial charge in [-0.15, -0.1) is 0 Å². The van der Waals surface area contributed by atoms with E-state index in [1.165, 1.54) is 6.92 Å². The molecule has 4 N–H and O–H groups in total. The van der Waals surface area contributed by atoms with Crippen molar-refractivity contribution >= 4 is 21.9 Å². The molecule has 0 aliphatic rings. The highest BCUT2D eigenvalue weighted by Crippen LogP contribution is 2.21. The Morgan fingerprint density at radius 1 is 1.50 bits per heavy atom. The van der Waals surface area contributed by atoms with Crippen LogP contribution in [-0.2, 0) is 14.8 Å². The van der Waals surface area contributed by atoms with Gasteiger partial charge >= 0.3 is 5.97 Å². The molecule has 18 heavy (non-hydrogen) atoms. The van der Waals surface area contributed by atoms with Crippen LogP contribution in [0.3, 0.4) is 0 Å². The summed E-state index contributed by atoms with van der Waals surface area (Å²) in [7, 11) is -3.02. The van der Waals surface area contributed by atoms with Gasteiger partial charge in [0.25, 0.3) is 0 Å². The predicted octanol–water partition coefficient (Wildman–Crippen LogP) is -1.48. The molecule has 9 nitrogen and oxygen atoms in total. The zero-order valence-electron chi connectivity index (χ0n) is 9.67. The topological polar surface area (TPSA) is 146 Å². The number of aromatic amines is 1. The van der Waals surface area contributed by atoms with Crippen LogP contribution in [0.25, 0.3) is 0 Å². The fraction of sp³-hybridized carbons (Fsp3) is 0.375. The lowest BCUT2D eigenvalue weighted by atomic mass is 10.4. The number of carbonyl (C=O) groups excluding carboxylic acids is 1. The molecule has 0 atom stereocenters. The molecule has 0 radical (unpaired) electrons. The number of carboxylic acid groups (broad SMARTS) is 1. The maximum Gasteiger partial charge on any atom is 0.357 e. The third kappa shape index (κ3) is 2.49. The van der Waals surface area contributed by atoms with Gasteiger partial charge in [-0.3, -0.25) is 9.89 Å². The number of hydrogen-bond donors (Lipinski definition) is 3. The Kier molecular flexibility index (Phi) is 3.72. The van der Waals surface area contributed by atoms with Crippen LogP contribution in [0.15, 0.2) is 4.90 Å². The number of aromatic carboxylic acids is 1. The maximum atomic E-state index is 12.1. The van der Waals surface area contributed by atoms with E-state index in [1.807, 2.05) is 0 Å². The maximum absolute atomic E-state index is 12.1. The highest BCUT2D eigenvalue weighted by molar-refractivity contribution is 7.89. The number of H-pyrrole nitrogens is 1. The molecule has 1 aromatic heterocycles. The van der Waals surface area contributed by atoms with Crippen LogP contribution in [0.5, 0.6) is 0 Å². The molecular weight excluding hydrogens is 264 g/mol. The molecule has 0 spiro atoms. The molecule has 0 bridgehead atoms. The Bertz CT molecular complexity index is 591. The summed E-state index contributed by atoms with van der Waals surface area (Å²) in [5.41, 5.74) is 4.35. The first-order valence-corrected chi connectivity index (χ1v) is 6.14. The number of nitrogens with one attached hydrogen (secondary N) is 1. The number of primary amides is 1. The molecule has 0 aliphatic carbocycles. The number of sulfonamides is 1. The summed E-state index contributed by atoms with van der Waals surface area (Å²) in [5.74, 6) is -2.33. The molecule has 1 aromatic rings. The number of carboxylic acids is 1. The largest absolute Gasteiger partial charge is 0.476 e. The average molecular weight is 276 g/mol. The smallest absolute Gasteiger partial charge is 0.357 e. The molecule has 0 unspecified atom stereocenters. The summed E-state index contributed by atoms with van der Waals surface area (Å²) in [6.07, 6.45) is 0. The first-order valence-electron chi connectivity index (χ1n) is 4.70. The van der Waals surface area contributed by atoms with E-state index < -0.39 is 39.0 Å². The Morgan fingerprint density at radius 2 is 2.06 bits per heavy atom. The van der Waals surface area contributed by atoms with Crippen LogP contribution in [0.4, 0.5) is 0 Å². The van der Waals surface area contributed by atoms with Gasteiger partial charge in [0.1, 0.15) is 4.90 Å². The number of nitrogens with two attached hydrogens (primary N) is 1. The Balaban J connectivity index is 3.32. The molecule has 1 heterocycles.